The SMILES string of the molecule is CN(C(=O)OC1CC/C=C/CCC1)C(C)(C)OP(C)([O-])=S.CN(C(=O)OC1CC/C=C/CCO1)C(C)(C)OP(C)(=O)[S-]. The summed E-state index contributed by atoms with van der Waals surface area (Å²) < 4.78 is 38.6. The number of allylic oxidation sites excluding steroid dienone is 3. The number of carbonyl (C=O) groups is 2. The van der Waals surface area contributed by atoms with Crippen molar-refractivity contribution in [2.45, 2.75) is 103 Å². The van der Waals surface area contributed by atoms with Crippen molar-refractivity contribution in [3.8, 4) is 0 Å². The van der Waals surface area contributed by atoms with E-state index in [-0.39, 0.29) is 6.10 Å². The highest BCUT2D eigenvalue weighted by Crippen LogP contribution is 2.44. The highest BCUT2D eigenvalue weighted by Gasteiger charge is 2.34. The first kappa shape index (κ1) is 39.1. The Morgan fingerprint density at radius 1 is 0.881 bits per heavy atom. The minimum atomic E-state index is -3.14. The van der Waals surface area contributed by atoms with Crippen LogP contribution < -0.4 is 4.89 Å². The highest BCUT2D eigenvalue weighted by molar-refractivity contribution is 8.34. The molecule has 42 heavy (non-hydrogen) atoms. The maximum atomic E-state index is 12.2. The molecule has 244 valence electrons. The molecule has 1 aliphatic heterocycles. The molecule has 4 unspecified atom stereocenters. The lowest BCUT2D eigenvalue weighted by Gasteiger charge is -2.40. The topological polar surface area (TPSA) is 127 Å². The third kappa shape index (κ3) is 16.2. The molecule has 0 saturated heterocycles. The Labute approximate surface area is 262 Å². The molecule has 1 heterocycles. The molecule has 1 aliphatic carbocycles. The lowest BCUT2D eigenvalue weighted by Crippen LogP contribution is -2.48. The van der Waals surface area contributed by atoms with Crippen molar-refractivity contribution in [1.29, 1.82) is 0 Å². The van der Waals surface area contributed by atoms with Gasteiger partial charge in [-0.1, -0.05) is 36.1 Å². The molecule has 4 atom stereocenters. The second kappa shape index (κ2) is 17.5. The second-order valence-electron chi connectivity index (χ2n) is 11.2. The summed E-state index contributed by atoms with van der Waals surface area (Å²) in [4.78, 5) is 38.5. The van der Waals surface area contributed by atoms with Gasteiger partial charge in [-0.25, -0.2) is 9.59 Å². The third-order valence-corrected chi connectivity index (χ3v) is 8.49. The van der Waals surface area contributed by atoms with Gasteiger partial charge in [0.25, 0.3) is 0 Å². The predicted molar refractivity (Wildman–Crippen MR) is 169 cm³/mol. The van der Waals surface area contributed by atoms with Gasteiger partial charge in [-0.2, -0.15) is 0 Å². The van der Waals surface area contributed by atoms with Crippen molar-refractivity contribution in [3.05, 3.63) is 24.3 Å². The molecular formula is C27H48N2O9P2S2-2. The molecule has 0 bridgehead atoms. The van der Waals surface area contributed by atoms with E-state index in [9.17, 15) is 19.0 Å². The van der Waals surface area contributed by atoms with Crippen LogP contribution in [0.3, 0.4) is 0 Å². The average Bonchev–Trinajstić information content (AvgIpc) is 2.78. The fraction of sp³-hybridized carbons (Fsp3) is 0.778. The molecule has 11 nitrogen and oxygen atoms in total. The first-order chi connectivity index (χ1) is 19.2. The van der Waals surface area contributed by atoms with Gasteiger partial charge in [-0.15, -0.1) is 0 Å². The van der Waals surface area contributed by atoms with Gasteiger partial charge in [-0.3, -0.25) is 9.80 Å². The summed E-state index contributed by atoms with van der Waals surface area (Å²) in [6, 6.07) is 0. The first-order valence-corrected chi connectivity index (χ1v) is 20.2. The summed E-state index contributed by atoms with van der Waals surface area (Å²) in [5.74, 6) is 0. The number of ether oxygens (including phenoxy) is 3. The monoisotopic (exact) mass is 670 g/mol. The molecule has 2 amide bonds. The molecule has 0 radical (unpaired) electrons. The molecule has 15 heteroatoms. The quantitative estimate of drug-likeness (QED) is 0.126. The van der Waals surface area contributed by atoms with E-state index in [0.29, 0.717) is 13.0 Å². The van der Waals surface area contributed by atoms with E-state index < -0.39 is 43.0 Å². The fourth-order valence-corrected chi connectivity index (χ4v) is 6.90. The Balaban J connectivity index is 0.000000420. The smallest absolute Gasteiger partial charge is 0.414 e. The fourth-order valence-electron chi connectivity index (χ4n) is 3.94. The van der Waals surface area contributed by atoms with Crippen molar-refractivity contribution < 1.29 is 42.3 Å². The first-order valence-electron chi connectivity index (χ1n) is 14.0. The van der Waals surface area contributed by atoms with Crippen LogP contribution >= 0.6 is 13.1 Å². The largest absolute Gasteiger partial charge is 0.801 e. The van der Waals surface area contributed by atoms with E-state index in [4.69, 9.17) is 47.3 Å². The Morgan fingerprint density at radius 2 is 1.38 bits per heavy atom. The van der Waals surface area contributed by atoms with E-state index in [1.807, 2.05) is 12.2 Å². The van der Waals surface area contributed by atoms with Crippen molar-refractivity contribution in [2.75, 3.05) is 34.0 Å². The van der Waals surface area contributed by atoms with E-state index >= 15 is 0 Å². The molecule has 0 aromatic heterocycles. The van der Waals surface area contributed by atoms with Crippen LogP contribution in [-0.4, -0.2) is 79.9 Å². The number of hydrogen-bond donors (Lipinski definition) is 0. The number of amides is 2. The third-order valence-electron chi connectivity index (χ3n) is 6.48. The van der Waals surface area contributed by atoms with Crippen molar-refractivity contribution >= 4 is 49.3 Å². The van der Waals surface area contributed by atoms with Crippen LogP contribution in [0.25, 0.3) is 0 Å². The molecule has 2 aliphatic rings. The zero-order valence-electron chi connectivity index (χ0n) is 26.1. The standard InChI is InChI=1S/C14H26NO4PS.C13H24NO5PS/c1-14(2,19-20(4,17)21)15(3)13(16)18-12-10-8-6-5-7-9-11-12;1-13(2,19-20(4,16)21)14(3)12(15)18-11-9-7-5-6-8-10-17-11/h5-6,12H,7-11H2,1-4H3,(H,17,21);5-6,11H,7-10H2,1-4H3,(H,16,21)/p-2/b2*6-5+. The molecule has 0 aromatic rings. The molecule has 0 N–H and O–H groups in total. The van der Waals surface area contributed by atoms with Crippen LogP contribution in [0.4, 0.5) is 9.59 Å². The molecule has 0 fully saturated rings. The van der Waals surface area contributed by atoms with Gasteiger partial charge in [0.1, 0.15) is 17.6 Å². The van der Waals surface area contributed by atoms with Crippen LogP contribution in [0.15, 0.2) is 24.3 Å². The summed E-state index contributed by atoms with van der Waals surface area (Å²) in [6.07, 6.45) is 13.5. The van der Waals surface area contributed by atoms with Crippen LogP contribution in [-0.2, 0) is 51.9 Å². The average molecular weight is 671 g/mol. The molecule has 0 spiro atoms. The van der Waals surface area contributed by atoms with E-state index in [0.717, 1.165) is 44.9 Å². The number of hydrogen-bond acceptors (Lipinski definition) is 11. The van der Waals surface area contributed by atoms with E-state index in [1.54, 1.807) is 34.7 Å². The Kier molecular flexibility index (Phi) is 16.3. The van der Waals surface area contributed by atoms with Crippen LogP contribution in [0.5, 0.6) is 0 Å². The van der Waals surface area contributed by atoms with Crippen molar-refractivity contribution in [3.63, 3.8) is 0 Å². The lowest BCUT2D eigenvalue weighted by molar-refractivity contribution is -0.197. The maximum absolute atomic E-state index is 12.2. The molecule has 0 aromatic carbocycles. The Hall–Kier alpha value is -0.910. The summed E-state index contributed by atoms with van der Waals surface area (Å²) >= 11 is 9.54. The van der Waals surface area contributed by atoms with Crippen LogP contribution in [0.1, 0.15) is 79.1 Å². The minimum Gasteiger partial charge on any atom is -0.801 e. The van der Waals surface area contributed by atoms with E-state index in [1.165, 1.54) is 30.2 Å². The summed E-state index contributed by atoms with van der Waals surface area (Å²) in [6.45, 7) is 3.45. The van der Waals surface area contributed by atoms with Gasteiger partial charge in [0.05, 0.1) is 13.2 Å². The van der Waals surface area contributed by atoms with Gasteiger partial charge in [0, 0.05) is 20.5 Å². The highest BCUT2D eigenvalue weighted by atomic mass is 32.7. The predicted octanol–water partition coefficient (Wildman–Crippen LogP) is 6.26. The van der Waals surface area contributed by atoms with Gasteiger partial charge in [0.2, 0.25) is 6.29 Å². The normalized spacial score (nSPS) is 24.3. The van der Waals surface area contributed by atoms with Crippen LogP contribution in [0, 0.1) is 0 Å². The summed E-state index contributed by atoms with van der Waals surface area (Å²) in [5.41, 5.74) is -2.19. The lowest BCUT2D eigenvalue weighted by atomic mass is 10.0. The molecule has 2 rings (SSSR count). The number of carbonyl (C=O) groups excluding carboxylic acids is 2. The van der Waals surface area contributed by atoms with Crippen LogP contribution in [0.2, 0.25) is 0 Å². The zero-order valence-corrected chi connectivity index (χ0v) is 29.5. The van der Waals surface area contributed by atoms with Gasteiger partial charge < -0.3 is 45.0 Å². The van der Waals surface area contributed by atoms with Gasteiger partial charge >= 0.3 is 12.2 Å². The van der Waals surface area contributed by atoms with E-state index in [2.05, 4.69) is 12.2 Å². The zero-order chi connectivity index (χ0) is 32.2. The maximum Gasteiger partial charge on any atom is 0.414 e. The Bertz CT molecular complexity index is 947. The number of rotatable bonds is 8. The number of nitrogens with zero attached hydrogens (tertiary/aromatic N) is 2. The Morgan fingerprint density at radius 3 is 1.95 bits per heavy atom. The second-order valence-corrected chi connectivity index (χ2v) is 18.7. The van der Waals surface area contributed by atoms with Crippen molar-refractivity contribution in [2.24, 2.45) is 0 Å². The molecule has 0 saturated carbocycles. The minimum absolute atomic E-state index is 0.0855. The van der Waals surface area contributed by atoms with Gasteiger partial charge in [0.15, 0.2) is 0 Å². The summed E-state index contributed by atoms with van der Waals surface area (Å²) in [7, 11) is 3.08. The van der Waals surface area contributed by atoms with Gasteiger partial charge in [-0.05, 0) is 92.5 Å². The summed E-state index contributed by atoms with van der Waals surface area (Å²) in [5, 5.41) is 0. The molecular weight excluding hydrogens is 622 g/mol. The van der Waals surface area contributed by atoms with Crippen molar-refractivity contribution in [1.82, 2.24) is 9.80 Å².